The molecule has 4 heteroatoms. The number of benzene rings is 4. The molecule has 0 bridgehead atoms. The van der Waals surface area contributed by atoms with Crippen molar-refractivity contribution in [1.29, 1.82) is 0 Å². The SMILES string of the molecule is NN=Cc1ccc(NC(=O)c2cccc3c2CCc2c-3ccc3c2C(CCc2ccccc2)CCC3)cc1. The fourth-order valence-corrected chi connectivity index (χ4v) is 6.43. The maximum Gasteiger partial charge on any atom is 0.255 e. The van der Waals surface area contributed by atoms with Crippen LogP contribution in [-0.4, -0.2) is 12.1 Å². The van der Waals surface area contributed by atoms with Gasteiger partial charge in [0.25, 0.3) is 5.91 Å². The van der Waals surface area contributed by atoms with E-state index < -0.39 is 0 Å². The van der Waals surface area contributed by atoms with E-state index in [-0.39, 0.29) is 5.91 Å². The van der Waals surface area contributed by atoms with Gasteiger partial charge in [-0.15, -0.1) is 0 Å². The molecule has 0 radical (unpaired) electrons. The molecule has 0 aliphatic heterocycles. The minimum atomic E-state index is -0.0655. The van der Waals surface area contributed by atoms with E-state index in [1.54, 1.807) is 11.8 Å². The summed E-state index contributed by atoms with van der Waals surface area (Å²) in [5, 5.41) is 6.63. The number of amides is 1. The van der Waals surface area contributed by atoms with Gasteiger partial charge in [-0.2, -0.15) is 5.10 Å². The van der Waals surface area contributed by atoms with Crippen LogP contribution in [0.25, 0.3) is 11.1 Å². The topological polar surface area (TPSA) is 67.5 Å². The summed E-state index contributed by atoms with van der Waals surface area (Å²) in [5.74, 6) is 5.78. The van der Waals surface area contributed by atoms with Crippen molar-refractivity contribution in [2.24, 2.45) is 10.9 Å². The molecule has 0 saturated heterocycles. The normalized spacial score (nSPS) is 15.9. The van der Waals surface area contributed by atoms with Crippen molar-refractivity contribution in [3.05, 3.63) is 124 Å². The lowest BCUT2D eigenvalue weighted by atomic mass is 9.72. The van der Waals surface area contributed by atoms with Gasteiger partial charge in [-0.3, -0.25) is 4.79 Å². The number of aryl methyl sites for hydroxylation is 2. The lowest BCUT2D eigenvalue weighted by Crippen LogP contribution is -2.20. The smallest absolute Gasteiger partial charge is 0.255 e. The summed E-state index contributed by atoms with van der Waals surface area (Å²) < 4.78 is 0. The zero-order chi connectivity index (χ0) is 25.9. The van der Waals surface area contributed by atoms with Gasteiger partial charge in [0.2, 0.25) is 0 Å². The van der Waals surface area contributed by atoms with Crippen LogP contribution < -0.4 is 11.2 Å². The quantitative estimate of drug-likeness (QED) is 0.170. The number of hydrazone groups is 1. The van der Waals surface area contributed by atoms with Crippen LogP contribution in [-0.2, 0) is 25.7 Å². The summed E-state index contributed by atoms with van der Waals surface area (Å²) in [6.07, 6.45) is 9.49. The lowest BCUT2D eigenvalue weighted by molar-refractivity contribution is 0.102. The third-order valence-corrected chi connectivity index (χ3v) is 8.21. The Balaban J connectivity index is 1.29. The van der Waals surface area contributed by atoms with Crippen molar-refractivity contribution < 1.29 is 4.79 Å². The highest BCUT2D eigenvalue weighted by molar-refractivity contribution is 6.06. The molecule has 0 aromatic heterocycles. The van der Waals surface area contributed by atoms with Gasteiger partial charge in [-0.1, -0.05) is 66.7 Å². The highest BCUT2D eigenvalue weighted by atomic mass is 16.1. The Morgan fingerprint density at radius 3 is 2.47 bits per heavy atom. The van der Waals surface area contributed by atoms with Crippen LogP contribution in [0.15, 0.2) is 90.0 Å². The van der Waals surface area contributed by atoms with E-state index >= 15 is 0 Å². The summed E-state index contributed by atoms with van der Waals surface area (Å²) in [5.41, 5.74) is 12.2. The largest absolute Gasteiger partial charge is 0.323 e. The van der Waals surface area contributed by atoms with E-state index in [9.17, 15) is 4.79 Å². The van der Waals surface area contributed by atoms with E-state index in [0.29, 0.717) is 5.92 Å². The second-order valence-electron chi connectivity index (χ2n) is 10.5. The summed E-state index contributed by atoms with van der Waals surface area (Å²) >= 11 is 0. The number of fused-ring (bicyclic) bond motifs is 5. The average molecular weight is 500 g/mol. The van der Waals surface area contributed by atoms with Gasteiger partial charge in [0, 0.05) is 11.3 Å². The van der Waals surface area contributed by atoms with E-state index in [1.165, 1.54) is 53.5 Å². The predicted octanol–water partition coefficient (Wildman–Crippen LogP) is 7.05. The van der Waals surface area contributed by atoms with E-state index in [1.807, 2.05) is 36.4 Å². The van der Waals surface area contributed by atoms with Crippen LogP contribution in [0.3, 0.4) is 0 Å². The molecule has 0 heterocycles. The molecule has 4 aromatic rings. The van der Waals surface area contributed by atoms with Crippen molar-refractivity contribution in [3.8, 4) is 11.1 Å². The summed E-state index contributed by atoms with van der Waals surface area (Å²) in [4.78, 5) is 13.4. The minimum Gasteiger partial charge on any atom is -0.323 e. The molecular weight excluding hydrogens is 466 g/mol. The van der Waals surface area contributed by atoms with E-state index in [0.717, 1.165) is 41.6 Å². The molecule has 2 aliphatic carbocycles. The van der Waals surface area contributed by atoms with Crippen LogP contribution in [0.1, 0.15) is 68.9 Å². The van der Waals surface area contributed by atoms with Crippen molar-refractivity contribution >= 4 is 17.8 Å². The van der Waals surface area contributed by atoms with Crippen molar-refractivity contribution in [2.45, 2.75) is 50.9 Å². The maximum atomic E-state index is 13.4. The molecule has 3 N–H and O–H groups in total. The molecule has 38 heavy (non-hydrogen) atoms. The fourth-order valence-electron chi connectivity index (χ4n) is 6.43. The zero-order valence-corrected chi connectivity index (χ0v) is 21.6. The summed E-state index contributed by atoms with van der Waals surface area (Å²) in [7, 11) is 0. The molecule has 0 fully saturated rings. The first-order valence-corrected chi connectivity index (χ1v) is 13.7. The van der Waals surface area contributed by atoms with Crippen LogP contribution >= 0.6 is 0 Å². The Hall–Kier alpha value is -4.18. The number of nitrogens with two attached hydrogens (primary N) is 1. The monoisotopic (exact) mass is 499 g/mol. The van der Waals surface area contributed by atoms with Gasteiger partial charge < -0.3 is 11.2 Å². The lowest BCUT2D eigenvalue weighted by Gasteiger charge is -2.32. The number of hydrogen-bond donors (Lipinski definition) is 2. The van der Waals surface area contributed by atoms with Gasteiger partial charge in [0.15, 0.2) is 0 Å². The first-order valence-electron chi connectivity index (χ1n) is 13.7. The van der Waals surface area contributed by atoms with Crippen LogP contribution in [0.4, 0.5) is 5.69 Å². The van der Waals surface area contributed by atoms with Crippen molar-refractivity contribution in [2.75, 3.05) is 5.32 Å². The number of anilines is 1. The third-order valence-electron chi connectivity index (χ3n) is 8.21. The number of carbonyl (C=O) groups excluding carboxylic acids is 1. The number of carbonyl (C=O) groups is 1. The molecule has 0 spiro atoms. The Morgan fingerprint density at radius 1 is 0.868 bits per heavy atom. The van der Waals surface area contributed by atoms with Gasteiger partial charge >= 0.3 is 0 Å². The zero-order valence-electron chi connectivity index (χ0n) is 21.6. The second-order valence-corrected chi connectivity index (χ2v) is 10.5. The fraction of sp³-hybridized carbons (Fsp3) is 0.235. The Morgan fingerprint density at radius 2 is 1.66 bits per heavy atom. The molecule has 0 saturated carbocycles. The standard InChI is InChI=1S/C34H33N3O/c35-36-22-24-13-17-27(18-14-24)37-34(38)32-11-5-10-28-29-19-16-26-9-4-8-25(15-12-23-6-2-1-3-7-23)33(26)31(29)21-20-30(28)32/h1-3,5-7,10-11,13-14,16-19,22,25H,4,8-9,12,15,20-21,35H2,(H,37,38). The second kappa shape index (κ2) is 10.7. The summed E-state index contributed by atoms with van der Waals surface area (Å²) in [6.45, 7) is 0. The molecule has 4 aromatic carbocycles. The van der Waals surface area contributed by atoms with Gasteiger partial charge in [0.05, 0.1) is 6.21 Å². The minimum absolute atomic E-state index is 0.0655. The molecule has 1 atom stereocenters. The van der Waals surface area contributed by atoms with E-state index in [2.05, 4.69) is 58.9 Å². The molecule has 1 amide bonds. The Kier molecular flexibility index (Phi) is 6.78. The highest BCUT2D eigenvalue weighted by Gasteiger charge is 2.29. The number of hydrogen-bond acceptors (Lipinski definition) is 3. The predicted molar refractivity (Wildman–Crippen MR) is 156 cm³/mol. The molecule has 190 valence electrons. The van der Waals surface area contributed by atoms with Crippen LogP contribution in [0.5, 0.6) is 0 Å². The third kappa shape index (κ3) is 4.74. The Bertz CT molecular complexity index is 1490. The van der Waals surface area contributed by atoms with Crippen LogP contribution in [0, 0.1) is 0 Å². The average Bonchev–Trinajstić information content (AvgIpc) is 2.97. The molecule has 2 aliphatic rings. The Labute approximate surface area is 224 Å². The molecule has 6 rings (SSSR count). The summed E-state index contributed by atoms with van der Waals surface area (Å²) in [6, 6.07) is 29.2. The molecule has 1 unspecified atom stereocenters. The highest BCUT2D eigenvalue weighted by Crippen LogP contribution is 2.44. The van der Waals surface area contributed by atoms with Crippen molar-refractivity contribution in [3.63, 3.8) is 0 Å². The number of nitrogens with zero attached hydrogens (tertiary/aromatic N) is 1. The van der Waals surface area contributed by atoms with Gasteiger partial charge in [-0.25, -0.2) is 0 Å². The van der Waals surface area contributed by atoms with Gasteiger partial charge in [0.1, 0.15) is 0 Å². The van der Waals surface area contributed by atoms with Gasteiger partial charge in [-0.05, 0) is 114 Å². The first-order chi connectivity index (χ1) is 18.7. The number of rotatable bonds is 6. The van der Waals surface area contributed by atoms with E-state index in [4.69, 9.17) is 5.84 Å². The first kappa shape index (κ1) is 24.2. The molecular formula is C34H33N3O. The maximum absolute atomic E-state index is 13.4. The van der Waals surface area contributed by atoms with Crippen LogP contribution in [0.2, 0.25) is 0 Å². The number of nitrogens with one attached hydrogen (secondary N) is 1. The molecule has 4 nitrogen and oxygen atoms in total. The van der Waals surface area contributed by atoms with Crippen molar-refractivity contribution in [1.82, 2.24) is 0 Å².